The number of carboxylic acid groups (broad SMARTS) is 1. The summed E-state index contributed by atoms with van der Waals surface area (Å²) in [4.78, 5) is 36.1. The van der Waals surface area contributed by atoms with Crippen LogP contribution in [-0.2, 0) is 30.3 Å². The molecule has 30 heavy (non-hydrogen) atoms. The van der Waals surface area contributed by atoms with Crippen LogP contribution >= 0.6 is 0 Å². The fourth-order valence-electron chi connectivity index (χ4n) is 3.06. The van der Waals surface area contributed by atoms with Gasteiger partial charge in [0.05, 0.1) is 32.8 Å². The number of benzene rings is 1. The Morgan fingerprint density at radius 3 is 2.63 bits per heavy atom. The molecule has 166 valence electrons. The molecule has 0 saturated carbocycles. The van der Waals surface area contributed by atoms with Gasteiger partial charge in [-0.2, -0.15) is 0 Å². The zero-order valence-electron chi connectivity index (χ0n) is 17.4. The number of carbonyl (C=O) groups excluding carboxylic acids is 2. The number of rotatable bonds is 13. The second-order valence-corrected chi connectivity index (χ2v) is 6.80. The van der Waals surface area contributed by atoms with E-state index in [0.717, 1.165) is 30.6 Å². The minimum atomic E-state index is -0.898. The molecule has 2 rings (SSSR count). The number of fused-ring (bicyclic) bond motifs is 1. The monoisotopic (exact) mass is 422 g/mol. The molecule has 0 radical (unpaired) electrons. The van der Waals surface area contributed by atoms with Gasteiger partial charge >= 0.3 is 5.97 Å². The molecule has 0 saturated heterocycles. The summed E-state index contributed by atoms with van der Waals surface area (Å²) in [6.45, 7) is 3.95. The fraction of sp³-hybridized carbons (Fsp3) is 0.571. The van der Waals surface area contributed by atoms with Crippen molar-refractivity contribution in [3.8, 4) is 5.75 Å². The number of hydrogen-bond acceptors (Lipinski definition) is 6. The third kappa shape index (κ3) is 8.00. The van der Waals surface area contributed by atoms with Crippen LogP contribution in [0.15, 0.2) is 18.2 Å². The maximum atomic E-state index is 12.1. The Balaban J connectivity index is 1.62. The van der Waals surface area contributed by atoms with E-state index in [1.165, 1.54) is 0 Å². The molecule has 2 amide bonds. The fourth-order valence-corrected chi connectivity index (χ4v) is 3.06. The zero-order chi connectivity index (χ0) is 21.8. The van der Waals surface area contributed by atoms with Crippen LogP contribution in [0.1, 0.15) is 31.7 Å². The highest BCUT2D eigenvalue weighted by Crippen LogP contribution is 2.30. The van der Waals surface area contributed by atoms with Gasteiger partial charge in [0.2, 0.25) is 5.91 Å². The van der Waals surface area contributed by atoms with Crippen molar-refractivity contribution < 1.29 is 33.7 Å². The van der Waals surface area contributed by atoms with Crippen molar-refractivity contribution in [2.45, 2.75) is 32.6 Å². The second kappa shape index (κ2) is 12.8. The number of carbonyl (C=O) groups is 3. The predicted molar refractivity (Wildman–Crippen MR) is 110 cm³/mol. The average Bonchev–Trinajstić information content (AvgIpc) is 2.75. The van der Waals surface area contributed by atoms with E-state index in [0.29, 0.717) is 38.5 Å². The van der Waals surface area contributed by atoms with Gasteiger partial charge in [-0.3, -0.25) is 14.4 Å². The van der Waals surface area contributed by atoms with Crippen molar-refractivity contribution in [2.75, 3.05) is 51.0 Å². The third-order valence-corrected chi connectivity index (χ3v) is 4.54. The van der Waals surface area contributed by atoms with E-state index in [1.807, 2.05) is 24.0 Å². The number of aryl methyl sites for hydroxylation is 1. The van der Waals surface area contributed by atoms with E-state index in [-0.39, 0.29) is 31.4 Å². The predicted octanol–water partition coefficient (Wildman–Crippen LogP) is 1.38. The molecule has 1 aromatic carbocycles. The molecule has 0 fully saturated rings. The van der Waals surface area contributed by atoms with Crippen LogP contribution < -0.4 is 15.0 Å². The molecular formula is C21H30N2O7. The molecule has 2 N–H and O–H groups in total. The first-order valence-corrected chi connectivity index (χ1v) is 10.2. The number of hydrogen-bond donors (Lipinski definition) is 2. The highest BCUT2D eigenvalue weighted by molar-refractivity contribution is 5.94. The Labute approximate surface area is 176 Å². The van der Waals surface area contributed by atoms with Crippen molar-refractivity contribution in [3.05, 3.63) is 23.8 Å². The molecule has 1 heterocycles. The zero-order valence-corrected chi connectivity index (χ0v) is 17.4. The SMILES string of the molecule is CCC(=O)N1CCCc2cc(OCC(=O)NCCOCCOCCC(=O)O)ccc21. The molecule has 9 nitrogen and oxygen atoms in total. The van der Waals surface area contributed by atoms with Crippen LogP contribution in [0.25, 0.3) is 0 Å². The average molecular weight is 422 g/mol. The molecule has 1 aliphatic heterocycles. The molecular weight excluding hydrogens is 392 g/mol. The number of ether oxygens (including phenoxy) is 3. The van der Waals surface area contributed by atoms with Crippen LogP contribution in [0.2, 0.25) is 0 Å². The number of nitrogens with one attached hydrogen (secondary N) is 1. The van der Waals surface area contributed by atoms with E-state index in [2.05, 4.69) is 5.32 Å². The number of nitrogens with zero attached hydrogens (tertiary/aromatic N) is 1. The van der Waals surface area contributed by atoms with Crippen LogP contribution in [0.4, 0.5) is 5.69 Å². The number of amides is 2. The largest absolute Gasteiger partial charge is 0.484 e. The minimum Gasteiger partial charge on any atom is -0.484 e. The normalized spacial score (nSPS) is 12.9. The van der Waals surface area contributed by atoms with Gasteiger partial charge in [-0.25, -0.2) is 0 Å². The lowest BCUT2D eigenvalue weighted by atomic mass is 10.0. The first-order chi connectivity index (χ1) is 14.5. The quantitative estimate of drug-likeness (QED) is 0.462. The lowest BCUT2D eigenvalue weighted by Gasteiger charge is -2.29. The first-order valence-electron chi connectivity index (χ1n) is 10.2. The van der Waals surface area contributed by atoms with Crippen LogP contribution in [-0.4, -0.2) is 69.0 Å². The number of aliphatic carboxylic acids is 1. The first kappa shape index (κ1) is 23.6. The highest BCUT2D eigenvalue weighted by atomic mass is 16.5. The summed E-state index contributed by atoms with van der Waals surface area (Å²) in [5.41, 5.74) is 1.98. The Morgan fingerprint density at radius 2 is 1.90 bits per heavy atom. The Bertz CT molecular complexity index is 723. The van der Waals surface area contributed by atoms with E-state index in [4.69, 9.17) is 19.3 Å². The maximum absolute atomic E-state index is 12.1. The van der Waals surface area contributed by atoms with Gasteiger partial charge in [-0.1, -0.05) is 6.92 Å². The van der Waals surface area contributed by atoms with E-state index < -0.39 is 5.97 Å². The smallest absolute Gasteiger partial charge is 0.305 e. The third-order valence-electron chi connectivity index (χ3n) is 4.54. The van der Waals surface area contributed by atoms with Gasteiger partial charge in [-0.15, -0.1) is 0 Å². The number of carboxylic acids is 1. The summed E-state index contributed by atoms with van der Waals surface area (Å²) in [5.74, 6) is -0.441. The Kier molecular flexibility index (Phi) is 10.1. The van der Waals surface area contributed by atoms with Gasteiger partial charge in [0.1, 0.15) is 5.75 Å². The van der Waals surface area contributed by atoms with Gasteiger partial charge in [-0.05, 0) is 36.6 Å². The van der Waals surface area contributed by atoms with Gasteiger partial charge < -0.3 is 29.5 Å². The minimum absolute atomic E-state index is 0.0323. The van der Waals surface area contributed by atoms with Crippen LogP contribution in [0.5, 0.6) is 5.75 Å². The standard InChI is InChI=1S/C21H30N2O7/c1-2-20(25)23-9-3-4-16-14-17(5-6-18(16)23)30-15-19(24)22-8-11-29-13-12-28-10-7-21(26)27/h5-6,14H,2-4,7-13,15H2,1H3,(H,22,24)(H,26,27). The number of anilines is 1. The van der Waals surface area contributed by atoms with Gasteiger partial charge in [0.25, 0.3) is 5.91 Å². The lowest BCUT2D eigenvalue weighted by molar-refractivity contribution is -0.138. The lowest BCUT2D eigenvalue weighted by Crippen LogP contribution is -2.35. The molecule has 9 heteroatoms. The molecule has 0 atom stereocenters. The summed E-state index contributed by atoms with van der Waals surface area (Å²) in [6.07, 6.45) is 2.23. The Morgan fingerprint density at radius 1 is 1.13 bits per heavy atom. The topological polar surface area (TPSA) is 114 Å². The van der Waals surface area contributed by atoms with Gasteiger partial charge in [0.15, 0.2) is 6.61 Å². The summed E-state index contributed by atoms with van der Waals surface area (Å²) in [6, 6.07) is 5.55. The molecule has 0 aromatic heterocycles. The van der Waals surface area contributed by atoms with E-state index in [1.54, 1.807) is 6.07 Å². The van der Waals surface area contributed by atoms with Gasteiger partial charge in [0, 0.05) is 25.2 Å². The van der Waals surface area contributed by atoms with Crippen molar-refractivity contribution in [1.82, 2.24) is 5.32 Å². The second-order valence-electron chi connectivity index (χ2n) is 6.80. The Hall–Kier alpha value is -2.65. The molecule has 1 aliphatic rings. The molecule has 1 aromatic rings. The summed E-state index contributed by atoms with van der Waals surface area (Å²) < 4.78 is 16.0. The van der Waals surface area contributed by atoms with Crippen LogP contribution in [0.3, 0.4) is 0 Å². The van der Waals surface area contributed by atoms with Crippen molar-refractivity contribution in [1.29, 1.82) is 0 Å². The van der Waals surface area contributed by atoms with Crippen molar-refractivity contribution in [3.63, 3.8) is 0 Å². The van der Waals surface area contributed by atoms with E-state index >= 15 is 0 Å². The van der Waals surface area contributed by atoms with E-state index in [9.17, 15) is 14.4 Å². The molecule has 0 spiro atoms. The summed E-state index contributed by atoms with van der Waals surface area (Å²) in [5, 5.41) is 11.2. The summed E-state index contributed by atoms with van der Waals surface area (Å²) in [7, 11) is 0. The summed E-state index contributed by atoms with van der Waals surface area (Å²) >= 11 is 0. The highest BCUT2D eigenvalue weighted by Gasteiger charge is 2.21. The van der Waals surface area contributed by atoms with Crippen molar-refractivity contribution >= 4 is 23.5 Å². The molecule has 0 aliphatic carbocycles. The molecule has 0 bridgehead atoms. The van der Waals surface area contributed by atoms with Crippen molar-refractivity contribution in [2.24, 2.45) is 0 Å². The van der Waals surface area contributed by atoms with Crippen LogP contribution in [0, 0.1) is 0 Å². The maximum Gasteiger partial charge on any atom is 0.305 e. The molecule has 0 unspecified atom stereocenters.